The third-order valence-corrected chi connectivity index (χ3v) is 15.0. The lowest BCUT2D eigenvalue weighted by Crippen LogP contribution is -2.11. The summed E-state index contributed by atoms with van der Waals surface area (Å²) in [6, 6.07) is 25.7. The van der Waals surface area contributed by atoms with Gasteiger partial charge in [-0.1, -0.05) is 132 Å². The van der Waals surface area contributed by atoms with Crippen molar-refractivity contribution >= 4 is 0 Å². The Hall–Kier alpha value is -3.92. The molecule has 0 saturated heterocycles. The van der Waals surface area contributed by atoms with E-state index in [1.807, 2.05) is 24.3 Å². The highest BCUT2D eigenvalue weighted by Crippen LogP contribution is 2.46. The van der Waals surface area contributed by atoms with E-state index in [1.165, 1.54) is 99.3 Å². The zero-order valence-electron chi connectivity index (χ0n) is 34.4. The van der Waals surface area contributed by atoms with Crippen LogP contribution in [0.25, 0.3) is 0 Å². The molecule has 8 rings (SSSR count). The fourth-order valence-electron chi connectivity index (χ4n) is 11.7. The molecule has 0 amide bonds. The Balaban J connectivity index is 1.14. The molecule has 4 nitrogen and oxygen atoms in total. The minimum atomic E-state index is 0.131. The van der Waals surface area contributed by atoms with Crippen LogP contribution in [0.15, 0.2) is 72.8 Å². The molecule has 4 fully saturated rings. The van der Waals surface area contributed by atoms with Crippen LogP contribution in [-0.4, -0.2) is 20.4 Å². The van der Waals surface area contributed by atoms with Crippen molar-refractivity contribution in [2.24, 2.45) is 0 Å². The normalized spacial score (nSPS) is 19.4. The first-order valence-corrected chi connectivity index (χ1v) is 23.2. The molecule has 4 aliphatic carbocycles. The van der Waals surface area contributed by atoms with Crippen LogP contribution in [0.2, 0.25) is 0 Å². The highest BCUT2D eigenvalue weighted by molar-refractivity contribution is 5.48. The number of phenols is 4. The van der Waals surface area contributed by atoms with E-state index in [-0.39, 0.29) is 11.8 Å². The first-order valence-electron chi connectivity index (χ1n) is 23.2. The lowest BCUT2D eigenvalue weighted by atomic mass is 9.77. The van der Waals surface area contributed by atoms with Crippen LogP contribution in [0.4, 0.5) is 0 Å². The minimum absolute atomic E-state index is 0.131. The molecule has 0 heterocycles. The maximum atomic E-state index is 11.2. The van der Waals surface area contributed by atoms with Crippen LogP contribution < -0.4 is 0 Å². The average Bonchev–Trinajstić information content (AvgIpc) is 3.26. The summed E-state index contributed by atoms with van der Waals surface area (Å²) in [5, 5.41) is 44.8. The van der Waals surface area contributed by atoms with Gasteiger partial charge in [0.2, 0.25) is 0 Å². The van der Waals surface area contributed by atoms with Gasteiger partial charge < -0.3 is 20.4 Å². The topological polar surface area (TPSA) is 80.9 Å². The smallest absolute Gasteiger partial charge is 0.119 e. The van der Waals surface area contributed by atoms with Gasteiger partial charge in [-0.25, -0.2) is 0 Å². The SMILES string of the molecule is Oc1ccc(C(CCCC(c2ccc(O)c(C3CCCCC3)c2)c2ccc(O)c(C3CCCCC3)c2)c2ccc(O)c(C3CCCCC3)c2)cc1C1CCCCC1. The molecule has 4 aromatic rings. The number of rotatable bonds is 12. The van der Waals surface area contributed by atoms with Gasteiger partial charge in [0.15, 0.2) is 0 Å². The molecule has 0 unspecified atom stereocenters. The number of hydrogen-bond donors (Lipinski definition) is 4. The number of benzene rings is 4. The lowest BCUT2D eigenvalue weighted by Gasteiger charge is -2.28. The third kappa shape index (κ3) is 9.37. The highest BCUT2D eigenvalue weighted by Gasteiger charge is 2.28. The Kier molecular flexibility index (Phi) is 13.1. The molecule has 0 bridgehead atoms. The zero-order valence-corrected chi connectivity index (χ0v) is 34.4. The molecular weight excluding hydrogens is 701 g/mol. The van der Waals surface area contributed by atoms with E-state index >= 15 is 0 Å². The third-order valence-electron chi connectivity index (χ3n) is 15.0. The molecule has 57 heavy (non-hydrogen) atoms. The van der Waals surface area contributed by atoms with Crippen LogP contribution in [0.3, 0.4) is 0 Å². The van der Waals surface area contributed by atoms with Gasteiger partial charge in [0.25, 0.3) is 0 Å². The molecule has 0 atom stereocenters. The molecule has 4 heteroatoms. The van der Waals surface area contributed by atoms with Crippen molar-refractivity contribution in [3.05, 3.63) is 117 Å². The monoisotopic (exact) mass is 769 g/mol. The van der Waals surface area contributed by atoms with Gasteiger partial charge in [0, 0.05) is 11.8 Å². The van der Waals surface area contributed by atoms with E-state index < -0.39 is 0 Å². The van der Waals surface area contributed by atoms with Crippen molar-refractivity contribution in [3.63, 3.8) is 0 Å². The van der Waals surface area contributed by atoms with Gasteiger partial charge in [-0.05, 0) is 157 Å². The number of aromatic hydroxyl groups is 4. The second-order valence-corrected chi connectivity index (χ2v) is 18.6. The van der Waals surface area contributed by atoms with Crippen molar-refractivity contribution < 1.29 is 20.4 Å². The van der Waals surface area contributed by atoms with Crippen molar-refractivity contribution in [2.75, 3.05) is 0 Å². The summed E-state index contributed by atoms with van der Waals surface area (Å²) in [6.07, 6.45) is 26.9. The molecule has 0 radical (unpaired) electrons. The van der Waals surface area contributed by atoms with E-state index in [2.05, 4.69) is 48.5 Å². The number of phenolic OH excluding ortho intramolecular Hbond substituents is 4. The second-order valence-electron chi connectivity index (χ2n) is 18.6. The zero-order chi connectivity index (χ0) is 39.1. The van der Waals surface area contributed by atoms with E-state index in [4.69, 9.17) is 0 Å². The van der Waals surface area contributed by atoms with Gasteiger partial charge >= 0.3 is 0 Å². The minimum Gasteiger partial charge on any atom is -0.508 e. The summed E-state index contributed by atoms with van der Waals surface area (Å²) in [7, 11) is 0. The van der Waals surface area contributed by atoms with Crippen molar-refractivity contribution in [1.29, 1.82) is 0 Å². The molecule has 304 valence electrons. The molecule has 4 saturated carbocycles. The Morgan fingerprint density at radius 2 is 0.561 bits per heavy atom. The Morgan fingerprint density at radius 1 is 0.333 bits per heavy atom. The average molecular weight is 769 g/mol. The molecule has 4 aliphatic rings. The van der Waals surface area contributed by atoms with Crippen molar-refractivity contribution in [3.8, 4) is 23.0 Å². The molecule has 4 aromatic carbocycles. The largest absolute Gasteiger partial charge is 0.508 e. The molecule has 0 aliphatic heterocycles. The van der Waals surface area contributed by atoms with Gasteiger partial charge in [0.05, 0.1) is 0 Å². The predicted octanol–water partition coefficient (Wildman–Crippen LogP) is 14.8. The summed E-state index contributed by atoms with van der Waals surface area (Å²) >= 11 is 0. The fraction of sp³-hybridized carbons (Fsp3) is 0.547. The first kappa shape index (κ1) is 39.9. The maximum Gasteiger partial charge on any atom is 0.119 e. The Morgan fingerprint density at radius 3 is 0.789 bits per heavy atom. The standard InChI is InChI=1S/C53H68O4/c54-50-28-24-40(32-46(50)36-14-5-1-6-15-36)44(41-25-29-51(55)47(33-41)37-16-7-2-8-17-37)22-13-23-45(42-26-30-52(56)48(34-42)38-18-9-3-10-19-38)43-27-31-53(57)49(35-43)39-20-11-4-12-21-39/h24-39,44-45,54-57H,1-23H2. The summed E-state index contributed by atoms with van der Waals surface area (Å²) in [4.78, 5) is 0. The van der Waals surface area contributed by atoms with Crippen LogP contribution >= 0.6 is 0 Å². The summed E-state index contributed by atoms with van der Waals surface area (Å²) < 4.78 is 0. The fourth-order valence-corrected chi connectivity index (χ4v) is 11.7. The van der Waals surface area contributed by atoms with Crippen LogP contribution in [0.1, 0.15) is 228 Å². The van der Waals surface area contributed by atoms with Crippen LogP contribution in [0, 0.1) is 0 Å². The molecular formula is C53H68O4. The van der Waals surface area contributed by atoms with Crippen LogP contribution in [-0.2, 0) is 0 Å². The van der Waals surface area contributed by atoms with Gasteiger partial charge in [-0.2, -0.15) is 0 Å². The van der Waals surface area contributed by atoms with Gasteiger partial charge in [-0.15, -0.1) is 0 Å². The number of hydrogen-bond acceptors (Lipinski definition) is 4. The highest BCUT2D eigenvalue weighted by atomic mass is 16.3. The Bertz CT molecular complexity index is 1650. The van der Waals surface area contributed by atoms with E-state index in [0.717, 1.165) is 92.9 Å². The van der Waals surface area contributed by atoms with E-state index in [1.54, 1.807) is 0 Å². The van der Waals surface area contributed by atoms with E-state index in [9.17, 15) is 20.4 Å². The predicted molar refractivity (Wildman–Crippen MR) is 233 cm³/mol. The van der Waals surface area contributed by atoms with Crippen LogP contribution in [0.5, 0.6) is 23.0 Å². The summed E-state index contributed by atoms with van der Waals surface area (Å²) in [6.45, 7) is 0. The van der Waals surface area contributed by atoms with E-state index in [0.29, 0.717) is 46.7 Å². The lowest BCUT2D eigenvalue weighted by molar-refractivity contribution is 0.413. The summed E-state index contributed by atoms with van der Waals surface area (Å²) in [5.74, 6) is 3.60. The molecule has 0 aromatic heterocycles. The van der Waals surface area contributed by atoms with Gasteiger partial charge in [-0.3, -0.25) is 0 Å². The maximum absolute atomic E-state index is 11.2. The second kappa shape index (κ2) is 18.8. The van der Waals surface area contributed by atoms with Gasteiger partial charge in [0.1, 0.15) is 23.0 Å². The first-order chi connectivity index (χ1) is 27.9. The summed E-state index contributed by atoms with van der Waals surface area (Å²) in [5.41, 5.74) is 9.50. The van der Waals surface area contributed by atoms with Crippen molar-refractivity contribution in [2.45, 2.75) is 183 Å². The van der Waals surface area contributed by atoms with Crippen molar-refractivity contribution in [1.82, 2.24) is 0 Å². The Labute approximate surface area is 342 Å². The molecule has 0 spiro atoms. The quantitative estimate of drug-likeness (QED) is 0.116. The molecule has 4 N–H and O–H groups in total.